The van der Waals surface area contributed by atoms with Crippen LogP contribution in [-0.4, -0.2) is 159 Å². The Hall–Kier alpha value is -4.42. The second-order valence-corrected chi connectivity index (χ2v) is 21.0. The maximum absolute atomic E-state index is 11.8. The van der Waals surface area contributed by atoms with E-state index >= 15 is 0 Å². The van der Waals surface area contributed by atoms with Crippen LogP contribution in [0, 0.1) is 6.92 Å². The molecule has 0 spiro atoms. The summed E-state index contributed by atoms with van der Waals surface area (Å²) in [6, 6.07) is 6.24. The van der Waals surface area contributed by atoms with Crippen molar-refractivity contribution in [3.05, 3.63) is 42.5 Å². The number of carbonyl (C=O) groups excluding carboxylic acids is 9. The third kappa shape index (κ3) is 33.9. The van der Waals surface area contributed by atoms with Crippen molar-refractivity contribution in [2.75, 3.05) is 33.0 Å². The number of aldehydes is 2. The highest BCUT2D eigenvalue weighted by molar-refractivity contribution is 7.86. The van der Waals surface area contributed by atoms with E-state index < -0.39 is 49.5 Å². The maximum atomic E-state index is 11.8. The minimum Gasteiger partial charge on any atom is -0.396 e. The monoisotopic (exact) mass is 1060 g/mol. The fraction of sp³-hybridized carbons (Fsp3) is 0.673. The maximum Gasteiger partial charge on any atom is 0.296 e. The molecule has 4 rings (SSSR count). The molecule has 1 aromatic rings. The highest BCUT2D eigenvalue weighted by Gasteiger charge is 2.37. The fourth-order valence-electron chi connectivity index (χ4n) is 4.14. The quantitative estimate of drug-likeness (QED) is 0.0588. The second kappa shape index (κ2) is 34.2. The summed E-state index contributed by atoms with van der Waals surface area (Å²) in [4.78, 5) is 92.6. The number of aliphatic hydroxyl groups is 5. The average Bonchev–Trinajstić information content (AvgIpc) is 3.22. The van der Waals surface area contributed by atoms with Crippen LogP contribution < -0.4 is 0 Å². The van der Waals surface area contributed by atoms with Gasteiger partial charge in [-0.3, -0.25) is 37.7 Å². The first-order valence-corrected chi connectivity index (χ1v) is 24.8. The Morgan fingerprint density at radius 1 is 0.644 bits per heavy atom. The molecule has 3 heterocycles. The predicted molar refractivity (Wildman–Crippen MR) is 272 cm³/mol. The zero-order valence-corrected chi connectivity index (χ0v) is 46.8. The topological polar surface area (TPSA) is 326 Å². The van der Waals surface area contributed by atoms with Crippen molar-refractivity contribution >= 4 is 63.2 Å². The van der Waals surface area contributed by atoms with Crippen LogP contribution in [0.15, 0.2) is 41.8 Å². The van der Waals surface area contributed by atoms with Gasteiger partial charge in [0.15, 0.2) is 46.8 Å². The van der Waals surface area contributed by atoms with E-state index in [4.69, 9.17) is 33.7 Å². The van der Waals surface area contributed by atoms with Gasteiger partial charge in [0.25, 0.3) is 10.1 Å². The largest absolute Gasteiger partial charge is 0.396 e. The zero-order chi connectivity index (χ0) is 58.5. The smallest absolute Gasteiger partial charge is 0.296 e. The minimum absolute atomic E-state index is 0.0561. The summed E-state index contributed by atoms with van der Waals surface area (Å²) >= 11 is 0. The highest BCUT2D eigenvalue weighted by Crippen LogP contribution is 2.26. The summed E-state index contributed by atoms with van der Waals surface area (Å²) in [5.41, 5.74) is -5.24. The van der Waals surface area contributed by atoms with E-state index in [1.165, 1.54) is 93.9 Å². The lowest BCUT2D eigenvalue weighted by Crippen LogP contribution is -2.46. The van der Waals surface area contributed by atoms with Gasteiger partial charge >= 0.3 is 0 Å². The number of Topliss-reactive ketones (excluding diaryl/α,β-unsaturated/α-hetero) is 7. The van der Waals surface area contributed by atoms with E-state index in [2.05, 4.69) is 20.4 Å². The van der Waals surface area contributed by atoms with Crippen LogP contribution in [0.2, 0.25) is 0 Å². The van der Waals surface area contributed by atoms with Gasteiger partial charge in [-0.25, -0.2) is 0 Å². The van der Waals surface area contributed by atoms with Gasteiger partial charge in [0.05, 0.1) is 36.9 Å². The number of carbonyl (C=O) groups is 9. The van der Waals surface area contributed by atoms with E-state index in [0.717, 1.165) is 44.5 Å². The number of aryl methyl sites for hydroxylation is 1. The lowest BCUT2D eigenvalue weighted by atomic mass is 9.93. The molecule has 0 saturated carbocycles. The number of ketones is 7. The number of hydrogen-bond acceptors (Lipinski definition) is 20. The molecule has 73 heavy (non-hydrogen) atoms. The molecule has 1 aromatic carbocycles. The van der Waals surface area contributed by atoms with Crippen LogP contribution in [0.4, 0.5) is 0 Å². The molecule has 0 aromatic heterocycles. The normalized spacial score (nSPS) is 20.8. The van der Waals surface area contributed by atoms with E-state index in [-0.39, 0.29) is 77.7 Å². The van der Waals surface area contributed by atoms with Crippen molar-refractivity contribution in [2.45, 2.75) is 200 Å². The number of aliphatic hydroxyl groups excluding tert-OH is 1. The van der Waals surface area contributed by atoms with Gasteiger partial charge in [0.1, 0.15) is 39.9 Å². The number of hydrogen-bond donors (Lipinski definition) is 5. The summed E-state index contributed by atoms with van der Waals surface area (Å²) in [5, 5.41) is 45.3. The van der Waals surface area contributed by atoms with Crippen LogP contribution in [0.3, 0.4) is 0 Å². The van der Waals surface area contributed by atoms with Crippen molar-refractivity contribution in [3.8, 4) is 0 Å². The minimum atomic E-state index is -3.85. The number of ether oxygens (including phenoxy) is 3. The Bertz CT molecular complexity index is 1990. The summed E-state index contributed by atoms with van der Waals surface area (Å²) < 4.78 is 43.5. The van der Waals surface area contributed by atoms with Crippen LogP contribution in [0.25, 0.3) is 0 Å². The van der Waals surface area contributed by atoms with E-state index in [1.807, 2.05) is 13.8 Å². The molecule has 0 bridgehead atoms. The Labute approximate surface area is 432 Å². The van der Waals surface area contributed by atoms with Crippen LogP contribution in [0.5, 0.6) is 0 Å². The molecular formula is C52H86O20S. The molecule has 3 aliphatic heterocycles. The van der Waals surface area contributed by atoms with Crippen molar-refractivity contribution in [1.29, 1.82) is 0 Å². The lowest BCUT2D eigenvalue weighted by molar-refractivity contribution is -0.166. The van der Waals surface area contributed by atoms with Gasteiger partial charge in [0.2, 0.25) is 0 Å². The summed E-state index contributed by atoms with van der Waals surface area (Å²) in [5.74, 6) is -1.95. The van der Waals surface area contributed by atoms with Crippen molar-refractivity contribution < 1.29 is 95.5 Å². The Morgan fingerprint density at radius 3 is 1.16 bits per heavy atom. The molecule has 20 nitrogen and oxygen atoms in total. The van der Waals surface area contributed by atoms with Crippen LogP contribution >= 0.6 is 0 Å². The van der Waals surface area contributed by atoms with Crippen molar-refractivity contribution in [1.82, 2.24) is 0 Å². The molecule has 6 unspecified atom stereocenters. The molecular weight excluding hydrogens is 977 g/mol. The van der Waals surface area contributed by atoms with Gasteiger partial charge in [-0.05, 0) is 115 Å². The number of rotatable bonds is 18. The van der Waals surface area contributed by atoms with E-state index in [1.54, 1.807) is 26.0 Å². The Morgan fingerprint density at radius 2 is 1.00 bits per heavy atom. The second-order valence-electron chi connectivity index (χ2n) is 19.4. The summed E-state index contributed by atoms with van der Waals surface area (Å²) in [6.07, 6.45) is 6.16. The Balaban J connectivity index is -0.000000386. The van der Waals surface area contributed by atoms with Crippen LogP contribution in [-0.2, 0) is 71.7 Å². The third-order valence-electron chi connectivity index (χ3n) is 11.5. The molecule has 21 heteroatoms. The molecule has 420 valence electrons. The van der Waals surface area contributed by atoms with Gasteiger partial charge in [-0.15, -0.1) is 6.58 Å². The Kier molecular flexibility index (Phi) is 35.2. The molecule has 3 saturated heterocycles. The first-order valence-electron chi connectivity index (χ1n) is 23.4. The molecule has 6 atom stereocenters. The molecule has 0 radical (unpaired) electrons. The first kappa shape index (κ1) is 75.1. The van der Waals surface area contributed by atoms with Gasteiger partial charge < -0.3 is 49.3 Å². The van der Waals surface area contributed by atoms with Crippen molar-refractivity contribution in [3.63, 3.8) is 0 Å². The van der Waals surface area contributed by atoms with E-state index in [0.29, 0.717) is 12.7 Å². The summed E-state index contributed by atoms with van der Waals surface area (Å²) in [6.45, 7) is 29.9. The van der Waals surface area contributed by atoms with Gasteiger partial charge in [0, 0.05) is 59.0 Å². The molecule has 3 aliphatic rings. The molecule has 0 amide bonds. The van der Waals surface area contributed by atoms with Crippen LogP contribution in [0.1, 0.15) is 154 Å². The standard InChI is InChI=1S/C13H18O5S.C7H12O2.C6H12O3.C6H10O3.C6H10O2.C5H8O2.C5H10O.C4H6O2/c1-10-4-6-12(7-5-10)19(16,17)18-9-8-13(3,15)11(2)14;1-4-5-7(3,9)6(2)8;2*1-5(8)6(2,9)3-4-7;1-5(7)6(2)3-4-8-6;1-5(4-6)2-3-7-5;1-5(2)3-4-6-5;1-3(5)4(2)6/h4-7,15H,8-9H2,1-3H3;4,9H,1,5H2,2-3H3;7,9H,3-4H2,1-2H3;4,9H,3H2,1-2H3;3-4H2,1-2H3;4H,2-3H2,1H3;3-4H2,1-2H3;1-2H3. The molecule has 0 aliphatic carbocycles. The first-order chi connectivity index (χ1) is 32.9. The van der Waals surface area contributed by atoms with Gasteiger partial charge in [-0.2, -0.15) is 8.42 Å². The molecule has 3 fully saturated rings. The average molecular weight is 1060 g/mol. The number of benzene rings is 1. The van der Waals surface area contributed by atoms with Gasteiger partial charge in [-0.1, -0.05) is 23.8 Å². The predicted octanol–water partition coefficient (Wildman–Crippen LogP) is 4.43. The highest BCUT2D eigenvalue weighted by atomic mass is 32.2. The lowest BCUT2D eigenvalue weighted by Gasteiger charge is -2.35. The van der Waals surface area contributed by atoms with E-state index in [9.17, 15) is 61.8 Å². The SMILES string of the molecule is C=CCC(C)(O)C(C)=O.CC(=O)C(C)(O)CC=O.CC(=O)C(C)(O)CCO.CC(=O)C(C)(O)CCOS(=O)(=O)c1ccc(C)cc1.CC(=O)C(C)=O.CC(=O)C1(C)CCO1.CC1(C)CCO1.CC1(C=O)CCO1. The van der Waals surface area contributed by atoms with Crippen molar-refractivity contribution in [2.24, 2.45) is 0 Å². The molecule has 5 N–H and O–H groups in total. The zero-order valence-electron chi connectivity index (χ0n) is 46.0. The third-order valence-corrected chi connectivity index (χ3v) is 12.8. The fourth-order valence-corrected chi connectivity index (χ4v) is 5.05. The summed E-state index contributed by atoms with van der Waals surface area (Å²) in [7, 11) is -3.85.